The molecule has 1 aromatic heterocycles. The first-order valence-corrected chi connectivity index (χ1v) is 9.98. The van der Waals surface area contributed by atoms with E-state index in [0.717, 1.165) is 25.1 Å². The second-order valence-corrected chi connectivity index (χ2v) is 9.00. The molecule has 1 unspecified atom stereocenters. The molecule has 0 bridgehead atoms. The Kier molecular flexibility index (Phi) is 4.73. The lowest BCUT2D eigenvalue weighted by Gasteiger charge is -2.29. The number of fused-ring (bicyclic) bond motifs is 1. The van der Waals surface area contributed by atoms with Gasteiger partial charge >= 0.3 is 5.97 Å². The molecule has 0 radical (unpaired) electrons. The summed E-state index contributed by atoms with van der Waals surface area (Å²) in [7, 11) is 1.88. The van der Waals surface area contributed by atoms with Crippen LogP contribution >= 0.6 is 0 Å². The van der Waals surface area contributed by atoms with Crippen molar-refractivity contribution < 1.29 is 18.7 Å². The maximum absolute atomic E-state index is 15.8. The number of hydrogen-bond donors (Lipinski definition) is 2. The van der Waals surface area contributed by atoms with E-state index in [9.17, 15) is 14.7 Å². The highest BCUT2D eigenvalue weighted by Crippen LogP contribution is 2.39. The molecule has 0 amide bonds. The van der Waals surface area contributed by atoms with E-state index in [1.165, 1.54) is 15.7 Å². The van der Waals surface area contributed by atoms with Gasteiger partial charge in [-0.25, -0.2) is 13.6 Å². The molecule has 0 spiro atoms. The van der Waals surface area contributed by atoms with Crippen molar-refractivity contribution in [2.75, 3.05) is 25.0 Å². The van der Waals surface area contributed by atoms with Crippen LogP contribution in [0.15, 0.2) is 28.2 Å². The largest absolute Gasteiger partial charge is 0.477 e. The van der Waals surface area contributed by atoms with E-state index >= 15 is 8.78 Å². The van der Waals surface area contributed by atoms with Crippen molar-refractivity contribution in [2.45, 2.75) is 45.2 Å². The van der Waals surface area contributed by atoms with Crippen molar-refractivity contribution >= 4 is 22.6 Å². The predicted molar refractivity (Wildman–Crippen MR) is 111 cm³/mol. The Morgan fingerprint density at radius 2 is 1.97 bits per heavy atom. The topological polar surface area (TPSA) is 74.6 Å². The Bertz CT molecular complexity index is 1160. The highest BCUT2D eigenvalue weighted by atomic mass is 19.1. The van der Waals surface area contributed by atoms with Crippen molar-refractivity contribution in [3.05, 3.63) is 50.8 Å². The summed E-state index contributed by atoms with van der Waals surface area (Å²) in [6, 6.07) is 1.19. The molecule has 2 aromatic rings. The Labute approximate surface area is 172 Å². The molecule has 1 atom stereocenters. The van der Waals surface area contributed by atoms with Crippen molar-refractivity contribution in [3.8, 4) is 0 Å². The van der Waals surface area contributed by atoms with Gasteiger partial charge in [-0.05, 0) is 57.9 Å². The highest BCUT2D eigenvalue weighted by molar-refractivity contribution is 5.94. The fourth-order valence-electron chi connectivity index (χ4n) is 4.65. The zero-order valence-corrected chi connectivity index (χ0v) is 17.5. The average molecular weight is 417 g/mol. The molecule has 160 valence electrons. The van der Waals surface area contributed by atoms with Crippen molar-refractivity contribution in [3.63, 3.8) is 0 Å². The van der Waals surface area contributed by atoms with Crippen molar-refractivity contribution in [2.24, 2.45) is 0 Å². The van der Waals surface area contributed by atoms with Crippen LogP contribution in [0.2, 0.25) is 0 Å². The number of carboxylic acids is 1. The van der Waals surface area contributed by atoms with Crippen molar-refractivity contribution in [1.29, 1.82) is 0 Å². The van der Waals surface area contributed by atoms with Crippen LogP contribution < -0.4 is 15.6 Å². The van der Waals surface area contributed by atoms with E-state index in [1.807, 2.05) is 7.05 Å². The number of likely N-dealkylation sites (N-methyl/N-ethyl adjacent to an activating group) is 1. The van der Waals surface area contributed by atoms with Gasteiger partial charge in [-0.15, -0.1) is 0 Å². The first-order valence-electron chi connectivity index (χ1n) is 9.98. The van der Waals surface area contributed by atoms with Crippen LogP contribution in [0.1, 0.15) is 44.0 Å². The minimum atomic E-state index is -1.43. The lowest BCUT2D eigenvalue weighted by molar-refractivity contribution is 0.0694. The number of nitrogens with one attached hydrogen (secondary N) is 1. The van der Waals surface area contributed by atoms with E-state index < -0.39 is 34.1 Å². The number of rotatable bonds is 3. The van der Waals surface area contributed by atoms with Gasteiger partial charge in [0.15, 0.2) is 5.82 Å². The van der Waals surface area contributed by atoms with Gasteiger partial charge in [0.2, 0.25) is 5.43 Å². The minimum absolute atomic E-state index is 0.0777. The third-order valence-electron chi connectivity index (χ3n) is 6.13. The summed E-state index contributed by atoms with van der Waals surface area (Å²) in [5.41, 5.74) is -0.0110. The van der Waals surface area contributed by atoms with Gasteiger partial charge in [0.25, 0.3) is 0 Å². The summed E-state index contributed by atoms with van der Waals surface area (Å²) in [6.45, 7) is 6.18. The van der Waals surface area contributed by atoms with Gasteiger partial charge in [-0.3, -0.25) is 4.79 Å². The number of halogens is 2. The lowest BCUT2D eigenvalue weighted by atomic mass is 10.0. The number of carboxylic acid groups (broad SMARTS) is 1. The van der Waals surface area contributed by atoms with Gasteiger partial charge in [0.1, 0.15) is 17.1 Å². The summed E-state index contributed by atoms with van der Waals surface area (Å²) in [5.74, 6) is -3.12. The number of anilines is 1. The molecule has 2 heterocycles. The quantitative estimate of drug-likeness (QED) is 0.750. The number of aromatic carboxylic acids is 1. The molecule has 4 rings (SSSR count). The Balaban J connectivity index is 1.93. The van der Waals surface area contributed by atoms with E-state index in [1.54, 1.807) is 25.7 Å². The highest BCUT2D eigenvalue weighted by Gasteiger charge is 2.35. The Morgan fingerprint density at radius 1 is 1.27 bits per heavy atom. The number of aromatic nitrogens is 1. The standard InChI is InChI=1S/C22H25F2N3O3/c1-22(2,3)27-10-14(21(29)30)20(28)12-7-15(23)19(17(24)18(12)27)26-8-11-5-6-16(25-4)13(11)9-26/h7,10,16,25H,5-6,8-9H2,1-4H3,(H,29,30). The molecule has 0 saturated carbocycles. The van der Waals surface area contributed by atoms with Crippen LogP contribution in [0.25, 0.3) is 10.9 Å². The summed E-state index contributed by atoms with van der Waals surface area (Å²) in [5, 5.41) is 12.4. The molecular weight excluding hydrogens is 392 g/mol. The van der Waals surface area contributed by atoms with Crippen LogP contribution in [-0.4, -0.2) is 41.8 Å². The van der Waals surface area contributed by atoms with Crippen LogP contribution in [0.3, 0.4) is 0 Å². The predicted octanol–water partition coefficient (Wildman–Crippen LogP) is 3.23. The molecule has 8 heteroatoms. The van der Waals surface area contributed by atoms with Crippen LogP contribution in [0.4, 0.5) is 14.5 Å². The third-order valence-corrected chi connectivity index (χ3v) is 6.13. The number of carbonyl (C=O) groups is 1. The van der Waals surface area contributed by atoms with Gasteiger partial charge in [0, 0.05) is 30.9 Å². The molecule has 1 aliphatic carbocycles. The molecule has 1 aromatic carbocycles. The zero-order valence-electron chi connectivity index (χ0n) is 17.5. The minimum Gasteiger partial charge on any atom is -0.477 e. The van der Waals surface area contributed by atoms with Crippen LogP contribution in [0, 0.1) is 11.6 Å². The second kappa shape index (κ2) is 6.91. The molecule has 2 aliphatic rings. The molecule has 30 heavy (non-hydrogen) atoms. The molecule has 0 fully saturated rings. The van der Waals surface area contributed by atoms with Gasteiger partial charge in [-0.1, -0.05) is 0 Å². The smallest absolute Gasteiger partial charge is 0.341 e. The zero-order chi connectivity index (χ0) is 22.0. The van der Waals surface area contributed by atoms with Crippen molar-refractivity contribution in [1.82, 2.24) is 9.88 Å². The van der Waals surface area contributed by atoms with E-state index in [2.05, 4.69) is 5.32 Å². The fraction of sp³-hybridized carbons (Fsp3) is 0.455. The molecule has 1 aliphatic heterocycles. The summed E-state index contributed by atoms with van der Waals surface area (Å²) >= 11 is 0. The van der Waals surface area contributed by atoms with Gasteiger partial charge < -0.3 is 19.9 Å². The van der Waals surface area contributed by atoms with E-state index in [-0.39, 0.29) is 22.6 Å². The van der Waals surface area contributed by atoms with Crippen LogP contribution in [-0.2, 0) is 5.54 Å². The Morgan fingerprint density at radius 3 is 2.57 bits per heavy atom. The average Bonchev–Trinajstić information content (AvgIpc) is 3.21. The third kappa shape index (κ3) is 3.01. The van der Waals surface area contributed by atoms with E-state index in [4.69, 9.17) is 0 Å². The number of hydrogen-bond acceptors (Lipinski definition) is 4. The summed E-state index contributed by atoms with van der Waals surface area (Å²) in [4.78, 5) is 25.9. The molecule has 6 nitrogen and oxygen atoms in total. The number of nitrogens with zero attached hydrogens (tertiary/aromatic N) is 2. The first kappa shape index (κ1) is 20.5. The normalized spacial score (nSPS) is 19.1. The van der Waals surface area contributed by atoms with Gasteiger partial charge in [0.05, 0.1) is 10.9 Å². The first-order chi connectivity index (χ1) is 14.0. The lowest BCUT2D eigenvalue weighted by Crippen LogP contribution is -2.32. The van der Waals surface area contributed by atoms with Gasteiger partial charge in [-0.2, -0.15) is 0 Å². The summed E-state index contributed by atoms with van der Waals surface area (Å²) < 4.78 is 32.4. The number of pyridine rings is 1. The second-order valence-electron chi connectivity index (χ2n) is 9.00. The maximum atomic E-state index is 15.8. The number of benzene rings is 1. The SMILES string of the molecule is CNC1CCC2=C1CN(c1c(F)cc3c(=O)c(C(=O)O)cn(C(C)(C)C)c3c1F)C2. The molecular formula is C22H25F2N3O3. The fourth-order valence-corrected chi connectivity index (χ4v) is 4.65. The Hall–Kier alpha value is -2.74. The monoisotopic (exact) mass is 417 g/mol. The molecule has 0 saturated heterocycles. The maximum Gasteiger partial charge on any atom is 0.341 e. The van der Waals surface area contributed by atoms with E-state index in [0.29, 0.717) is 13.1 Å². The molecule has 2 N–H and O–H groups in total. The summed E-state index contributed by atoms with van der Waals surface area (Å²) in [6.07, 6.45) is 3.03. The van der Waals surface area contributed by atoms with Crippen LogP contribution in [0.5, 0.6) is 0 Å².